The highest BCUT2D eigenvalue weighted by atomic mass is 16.5. The molecule has 1 N–H and O–H groups in total. The molecule has 130 valence electrons. The van der Waals surface area contributed by atoms with Gasteiger partial charge in [-0.3, -0.25) is 9.58 Å². The van der Waals surface area contributed by atoms with Crippen molar-refractivity contribution < 1.29 is 4.74 Å². The summed E-state index contributed by atoms with van der Waals surface area (Å²) in [6.45, 7) is 8.14. The fraction of sp³-hybridized carbons (Fsp3) is 0.526. The number of morpholine rings is 1. The fourth-order valence-electron chi connectivity index (χ4n) is 3.28. The Morgan fingerprint density at radius 3 is 2.79 bits per heavy atom. The van der Waals surface area contributed by atoms with Gasteiger partial charge in [-0.05, 0) is 19.4 Å². The van der Waals surface area contributed by atoms with Gasteiger partial charge in [0, 0.05) is 50.5 Å². The van der Waals surface area contributed by atoms with E-state index >= 15 is 0 Å². The van der Waals surface area contributed by atoms with E-state index in [-0.39, 0.29) is 12.1 Å². The Kier molecular flexibility index (Phi) is 5.66. The van der Waals surface area contributed by atoms with Gasteiger partial charge in [-0.1, -0.05) is 30.3 Å². The van der Waals surface area contributed by atoms with E-state index in [9.17, 15) is 0 Å². The maximum absolute atomic E-state index is 6.02. The molecule has 2 heterocycles. The molecule has 1 aromatic heterocycles. The Morgan fingerprint density at radius 1 is 1.29 bits per heavy atom. The number of hydrogen-bond acceptors (Lipinski definition) is 4. The van der Waals surface area contributed by atoms with E-state index in [0.717, 1.165) is 26.2 Å². The van der Waals surface area contributed by atoms with Crippen molar-refractivity contribution in [3.05, 3.63) is 53.9 Å². The molecule has 2 aromatic rings. The van der Waals surface area contributed by atoms with E-state index in [1.54, 1.807) is 0 Å². The first kappa shape index (κ1) is 17.1. The normalized spacial score (nSPS) is 21.5. The van der Waals surface area contributed by atoms with E-state index in [0.29, 0.717) is 6.04 Å². The SMILES string of the molecule is C[C@H](N[C@H](C)[C@@H]1CN(Cc2ccccc2)CCO1)c1cnn(C)c1. The highest BCUT2D eigenvalue weighted by Crippen LogP contribution is 2.16. The summed E-state index contributed by atoms with van der Waals surface area (Å²) in [5.41, 5.74) is 2.57. The molecule has 1 saturated heterocycles. The van der Waals surface area contributed by atoms with Gasteiger partial charge < -0.3 is 10.1 Å². The molecule has 5 heteroatoms. The van der Waals surface area contributed by atoms with Crippen LogP contribution in [0.4, 0.5) is 0 Å². The van der Waals surface area contributed by atoms with Crippen molar-refractivity contribution >= 4 is 0 Å². The van der Waals surface area contributed by atoms with Crippen LogP contribution < -0.4 is 5.32 Å². The zero-order valence-electron chi connectivity index (χ0n) is 14.9. The van der Waals surface area contributed by atoms with E-state index in [2.05, 4.69) is 65.7 Å². The van der Waals surface area contributed by atoms with Gasteiger partial charge in [-0.25, -0.2) is 0 Å². The van der Waals surface area contributed by atoms with E-state index in [1.165, 1.54) is 11.1 Å². The molecule has 0 amide bonds. The van der Waals surface area contributed by atoms with Crippen molar-refractivity contribution in [2.45, 2.75) is 38.6 Å². The summed E-state index contributed by atoms with van der Waals surface area (Å²) in [5, 5.41) is 7.91. The quantitative estimate of drug-likeness (QED) is 0.884. The maximum atomic E-state index is 6.02. The van der Waals surface area contributed by atoms with Crippen LogP contribution in [0, 0.1) is 0 Å². The van der Waals surface area contributed by atoms with E-state index in [4.69, 9.17) is 4.74 Å². The van der Waals surface area contributed by atoms with Crippen LogP contribution in [0.3, 0.4) is 0 Å². The molecule has 0 saturated carbocycles. The monoisotopic (exact) mass is 328 g/mol. The molecule has 1 fully saturated rings. The van der Waals surface area contributed by atoms with Gasteiger partial charge in [-0.15, -0.1) is 0 Å². The van der Waals surface area contributed by atoms with Crippen molar-refractivity contribution in [3.8, 4) is 0 Å². The minimum Gasteiger partial charge on any atom is -0.374 e. The molecule has 5 nitrogen and oxygen atoms in total. The minimum absolute atomic E-state index is 0.210. The third kappa shape index (κ3) is 4.44. The molecule has 3 atom stereocenters. The largest absolute Gasteiger partial charge is 0.374 e. The number of ether oxygens (including phenoxy) is 1. The number of nitrogens with zero attached hydrogens (tertiary/aromatic N) is 3. The standard InChI is InChI=1S/C19H28N4O/c1-15(18-11-20-22(3)13-18)21-16(2)19-14-23(9-10-24-19)12-17-7-5-4-6-8-17/h4-8,11,13,15-16,19,21H,9-10,12,14H2,1-3H3/t15-,16+,19-/m0/s1. The lowest BCUT2D eigenvalue weighted by atomic mass is 10.1. The van der Waals surface area contributed by atoms with Crippen molar-refractivity contribution in [2.75, 3.05) is 19.7 Å². The van der Waals surface area contributed by atoms with Crippen molar-refractivity contribution in [1.29, 1.82) is 0 Å². The van der Waals surface area contributed by atoms with E-state index in [1.807, 2.05) is 17.9 Å². The Labute approximate surface area is 144 Å². The van der Waals surface area contributed by atoms with Gasteiger partial charge in [0.25, 0.3) is 0 Å². The molecular formula is C19H28N4O. The molecule has 24 heavy (non-hydrogen) atoms. The summed E-state index contributed by atoms with van der Waals surface area (Å²) >= 11 is 0. The lowest BCUT2D eigenvalue weighted by molar-refractivity contribution is -0.0474. The van der Waals surface area contributed by atoms with Crippen LogP contribution in [0.1, 0.15) is 31.0 Å². The Bertz CT molecular complexity index is 627. The average molecular weight is 328 g/mol. The van der Waals surface area contributed by atoms with Crippen molar-refractivity contribution in [1.82, 2.24) is 20.0 Å². The number of rotatable bonds is 6. The molecule has 0 spiro atoms. The molecule has 0 bridgehead atoms. The van der Waals surface area contributed by atoms with Crippen molar-refractivity contribution in [3.63, 3.8) is 0 Å². The lowest BCUT2D eigenvalue weighted by Gasteiger charge is -2.37. The second-order valence-electron chi connectivity index (χ2n) is 6.75. The lowest BCUT2D eigenvalue weighted by Crippen LogP contribution is -2.51. The van der Waals surface area contributed by atoms with Crippen LogP contribution in [0.25, 0.3) is 0 Å². The third-order valence-electron chi connectivity index (χ3n) is 4.72. The second-order valence-corrected chi connectivity index (χ2v) is 6.75. The molecule has 0 radical (unpaired) electrons. The Balaban J connectivity index is 1.53. The maximum Gasteiger partial charge on any atom is 0.0852 e. The molecule has 0 aliphatic carbocycles. The van der Waals surface area contributed by atoms with Crippen LogP contribution in [-0.2, 0) is 18.3 Å². The number of aryl methyl sites for hydroxylation is 1. The Hall–Kier alpha value is -1.69. The zero-order valence-corrected chi connectivity index (χ0v) is 14.9. The Morgan fingerprint density at radius 2 is 2.08 bits per heavy atom. The summed E-state index contributed by atoms with van der Waals surface area (Å²) in [6.07, 6.45) is 4.20. The van der Waals surface area contributed by atoms with Crippen LogP contribution in [0.15, 0.2) is 42.7 Å². The summed E-state index contributed by atoms with van der Waals surface area (Å²) in [5.74, 6) is 0. The fourth-order valence-corrected chi connectivity index (χ4v) is 3.28. The highest BCUT2D eigenvalue weighted by molar-refractivity contribution is 5.14. The molecular weight excluding hydrogens is 300 g/mol. The summed E-state index contributed by atoms with van der Waals surface area (Å²) in [7, 11) is 1.95. The predicted molar refractivity (Wildman–Crippen MR) is 95.7 cm³/mol. The average Bonchev–Trinajstić information content (AvgIpc) is 3.03. The topological polar surface area (TPSA) is 42.3 Å². The second kappa shape index (κ2) is 7.92. The first-order valence-electron chi connectivity index (χ1n) is 8.74. The number of benzene rings is 1. The molecule has 0 unspecified atom stereocenters. The van der Waals surface area contributed by atoms with E-state index < -0.39 is 0 Å². The predicted octanol–water partition coefficient (Wildman–Crippen LogP) is 2.36. The van der Waals surface area contributed by atoms with Crippen LogP contribution >= 0.6 is 0 Å². The zero-order chi connectivity index (χ0) is 16.9. The van der Waals surface area contributed by atoms with Gasteiger partial charge >= 0.3 is 0 Å². The third-order valence-corrected chi connectivity index (χ3v) is 4.72. The van der Waals surface area contributed by atoms with Crippen LogP contribution in [-0.4, -0.2) is 46.5 Å². The van der Waals surface area contributed by atoms with Gasteiger partial charge in [0.15, 0.2) is 0 Å². The van der Waals surface area contributed by atoms with Crippen LogP contribution in [0.5, 0.6) is 0 Å². The van der Waals surface area contributed by atoms with Gasteiger partial charge in [0.05, 0.1) is 18.9 Å². The number of aromatic nitrogens is 2. The first-order valence-corrected chi connectivity index (χ1v) is 8.74. The van der Waals surface area contributed by atoms with Crippen LogP contribution in [0.2, 0.25) is 0 Å². The number of nitrogens with one attached hydrogen (secondary N) is 1. The summed E-state index contributed by atoms with van der Waals surface area (Å²) < 4.78 is 7.87. The molecule has 1 aliphatic heterocycles. The summed E-state index contributed by atoms with van der Waals surface area (Å²) in [6, 6.07) is 11.2. The smallest absolute Gasteiger partial charge is 0.0852 e. The molecule has 3 rings (SSSR count). The minimum atomic E-state index is 0.210. The van der Waals surface area contributed by atoms with Gasteiger partial charge in [-0.2, -0.15) is 5.10 Å². The highest BCUT2D eigenvalue weighted by Gasteiger charge is 2.26. The molecule has 1 aromatic carbocycles. The van der Waals surface area contributed by atoms with Gasteiger partial charge in [0.1, 0.15) is 0 Å². The first-order chi connectivity index (χ1) is 11.6. The molecule has 1 aliphatic rings. The number of hydrogen-bond donors (Lipinski definition) is 1. The van der Waals surface area contributed by atoms with Crippen molar-refractivity contribution in [2.24, 2.45) is 7.05 Å². The van der Waals surface area contributed by atoms with Gasteiger partial charge in [0.2, 0.25) is 0 Å². The summed E-state index contributed by atoms with van der Waals surface area (Å²) in [4.78, 5) is 2.48.